The fourth-order valence-electron chi connectivity index (χ4n) is 3.77. The molecule has 0 saturated heterocycles. The van der Waals surface area contributed by atoms with Crippen LogP contribution >= 0.6 is 0 Å². The monoisotopic (exact) mass is 552 g/mol. The minimum atomic E-state index is -1.34. The summed E-state index contributed by atoms with van der Waals surface area (Å²) < 4.78 is 4.93. The molecule has 1 atom stereocenters. The van der Waals surface area contributed by atoms with Gasteiger partial charge in [0.15, 0.2) is 0 Å². The summed E-state index contributed by atoms with van der Waals surface area (Å²) in [7, 11) is 0. The van der Waals surface area contributed by atoms with E-state index in [-0.39, 0.29) is 38.3 Å². The van der Waals surface area contributed by atoms with Gasteiger partial charge in [-0.1, -0.05) is 37.6 Å². The number of urea groups is 1. The van der Waals surface area contributed by atoms with Crippen LogP contribution in [0.5, 0.6) is 0 Å². The summed E-state index contributed by atoms with van der Waals surface area (Å²) in [5.74, 6) is -1.16. The van der Waals surface area contributed by atoms with Crippen LogP contribution in [0.3, 0.4) is 0 Å². The molecule has 12 nitrogen and oxygen atoms in total. The van der Waals surface area contributed by atoms with E-state index in [4.69, 9.17) is 4.74 Å². The second-order valence-corrected chi connectivity index (χ2v) is 9.59. The third-order valence-electron chi connectivity index (χ3n) is 5.86. The number of H-pyrrole nitrogens is 1. The van der Waals surface area contributed by atoms with E-state index in [1.54, 1.807) is 29.2 Å². The van der Waals surface area contributed by atoms with E-state index in [9.17, 15) is 24.3 Å². The molecule has 0 spiro atoms. The van der Waals surface area contributed by atoms with Gasteiger partial charge in [0.05, 0.1) is 24.2 Å². The number of unbranched alkanes of at least 4 members (excludes halogenated alkanes) is 1. The van der Waals surface area contributed by atoms with Gasteiger partial charge in [0.25, 0.3) is 5.91 Å². The quantitative estimate of drug-likeness (QED) is 0.203. The highest BCUT2D eigenvalue weighted by molar-refractivity contribution is 5.94. The Balaban J connectivity index is 1.61. The summed E-state index contributed by atoms with van der Waals surface area (Å²) in [5.41, 5.74) is 2.77. The number of nitrogens with one attached hydrogen (secondary N) is 4. The lowest BCUT2D eigenvalue weighted by molar-refractivity contribution is -0.139. The molecule has 0 fully saturated rings. The number of imidazole rings is 1. The number of hydrogen-bond donors (Lipinski definition) is 5. The van der Waals surface area contributed by atoms with Crippen molar-refractivity contribution < 1.29 is 29.0 Å². The van der Waals surface area contributed by atoms with Crippen LogP contribution < -0.4 is 16.0 Å². The maximum absolute atomic E-state index is 12.9. The van der Waals surface area contributed by atoms with E-state index in [0.717, 1.165) is 23.0 Å². The van der Waals surface area contributed by atoms with Crippen LogP contribution in [0.4, 0.5) is 9.59 Å². The maximum atomic E-state index is 12.9. The molecule has 2 aromatic carbocycles. The van der Waals surface area contributed by atoms with Gasteiger partial charge in [0.1, 0.15) is 11.9 Å². The average molecular weight is 553 g/mol. The van der Waals surface area contributed by atoms with Crippen molar-refractivity contribution in [3.8, 4) is 0 Å². The van der Waals surface area contributed by atoms with Gasteiger partial charge in [-0.3, -0.25) is 4.79 Å². The highest BCUT2D eigenvalue weighted by Crippen LogP contribution is 2.15. The SMILES string of the molecule is CCCCOC(=O)N[C@@H](CNC(=O)c1ccc(CN(Cc2nc3ccccc3[nH]2)C(=O)NC(C)C)cc1)C(=O)O. The molecule has 0 saturated carbocycles. The number of fused-ring (bicyclic) bond motifs is 1. The van der Waals surface area contributed by atoms with Crippen molar-refractivity contribution >= 4 is 35.0 Å². The molecule has 5 N–H and O–H groups in total. The average Bonchev–Trinajstić information content (AvgIpc) is 3.33. The molecule has 3 rings (SSSR count). The zero-order chi connectivity index (χ0) is 29.1. The van der Waals surface area contributed by atoms with Gasteiger partial charge in [-0.2, -0.15) is 0 Å². The number of carbonyl (C=O) groups excluding carboxylic acids is 3. The summed E-state index contributed by atoms with van der Waals surface area (Å²) in [4.78, 5) is 58.3. The molecule has 0 unspecified atom stereocenters. The zero-order valence-corrected chi connectivity index (χ0v) is 22.9. The predicted octanol–water partition coefficient (Wildman–Crippen LogP) is 3.39. The molecule has 0 radical (unpaired) electrons. The largest absolute Gasteiger partial charge is 0.480 e. The second kappa shape index (κ2) is 14.5. The lowest BCUT2D eigenvalue weighted by Crippen LogP contribution is -2.48. The summed E-state index contributed by atoms with van der Waals surface area (Å²) in [6.45, 7) is 6.07. The van der Waals surface area contributed by atoms with E-state index in [2.05, 4.69) is 25.9 Å². The van der Waals surface area contributed by atoms with Gasteiger partial charge in [0.2, 0.25) is 0 Å². The topological polar surface area (TPSA) is 166 Å². The number of carbonyl (C=O) groups is 4. The number of nitrogens with zero attached hydrogens (tertiary/aromatic N) is 2. The summed E-state index contributed by atoms with van der Waals surface area (Å²) >= 11 is 0. The number of alkyl carbamates (subject to hydrolysis) is 1. The number of rotatable bonds is 13. The zero-order valence-electron chi connectivity index (χ0n) is 22.9. The molecule has 1 heterocycles. The third kappa shape index (κ3) is 9.00. The number of carboxylic acids is 1. The number of aromatic amines is 1. The van der Waals surface area contributed by atoms with Crippen LogP contribution in [-0.2, 0) is 22.6 Å². The summed E-state index contributed by atoms with van der Waals surface area (Å²) in [6.07, 6.45) is 0.639. The molecule has 3 aromatic rings. The molecular weight excluding hydrogens is 516 g/mol. The predicted molar refractivity (Wildman–Crippen MR) is 149 cm³/mol. The molecule has 40 heavy (non-hydrogen) atoms. The Morgan fingerprint density at radius 2 is 1.75 bits per heavy atom. The molecule has 0 bridgehead atoms. The van der Waals surface area contributed by atoms with Gasteiger partial charge in [-0.15, -0.1) is 0 Å². The number of para-hydroxylation sites is 2. The van der Waals surface area contributed by atoms with Gasteiger partial charge >= 0.3 is 18.1 Å². The fourth-order valence-corrected chi connectivity index (χ4v) is 3.77. The van der Waals surface area contributed by atoms with Gasteiger partial charge in [-0.05, 0) is 50.1 Å². The lowest BCUT2D eigenvalue weighted by Gasteiger charge is -2.23. The number of hydrogen-bond acceptors (Lipinski definition) is 6. The van der Waals surface area contributed by atoms with Crippen LogP contribution in [0.15, 0.2) is 48.5 Å². The van der Waals surface area contributed by atoms with Gasteiger partial charge in [0, 0.05) is 24.7 Å². The number of aromatic nitrogens is 2. The van der Waals surface area contributed by atoms with E-state index in [1.165, 1.54) is 0 Å². The Labute approximate surface area is 232 Å². The Hall–Kier alpha value is -4.61. The van der Waals surface area contributed by atoms with Crippen LogP contribution in [0, 0.1) is 0 Å². The normalized spacial score (nSPS) is 11.6. The van der Waals surface area contributed by atoms with Crippen molar-refractivity contribution in [2.24, 2.45) is 0 Å². The smallest absolute Gasteiger partial charge is 0.407 e. The van der Waals surface area contributed by atoms with Crippen molar-refractivity contribution in [1.29, 1.82) is 0 Å². The standard InChI is InChI=1S/C28H36N6O6/c1-4-5-14-40-28(39)33-23(26(36)37)15-29-25(35)20-12-10-19(11-13-20)16-34(27(38)30-18(2)3)17-24-31-21-8-6-7-9-22(21)32-24/h6-13,18,23H,4-5,14-17H2,1-3H3,(H,29,35)(H,30,38)(H,31,32)(H,33,39)(H,36,37)/t23-/m0/s1. The first-order chi connectivity index (χ1) is 19.2. The van der Waals surface area contributed by atoms with Gasteiger partial charge < -0.3 is 35.7 Å². The minimum Gasteiger partial charge on any atom is -0.480 e. The molecule has 4 amide bonds. The van der Waals surface area contributed by atoms with Crippen molar-refractivity contribution in [3.63, 3.8) is 0 Å². The van der Waals surface area contributed by atoms with E-state index in [1.807, 2.05) is 45.0 Å². The molecule has 0 aliphatic rings. The molecule has 0 aliphatic carbocycles. The summed E-state index contributed by atoms with van der Waals surface area (Å²) in [5, 5.41) is 17.0. The number of ether oxygens (including phenoxy) is 1. The highest BCUT2D eigenvalue weighted by Gasteiger charge is 2.22. The van der Waals surface area contributed by atoms with Crippen LogP contribution in [0.2, 0.25) is 0 Å². The van der Waals surface area contributed by atoms with Crippen molar-refractivity contribution in [1.82, 2.24) is 30.8 Å². The number of aliphatic carboxylic acids is 1. The minimum absolute atomic E-state index is 0.0564. The van der Waals surface area contributed by atoms with Crippen LogP contribution in [0.1, 0.15) is 55.4 Å². The molecule has 12 heteroatoms. The van der Waals surface area contributed by atoms with Crippen molar-refractivity contribution in [2.45, 2.75) is 58.8 Å². The first-order valence-electron chi connectivity index (χ1n) is 13.2. The number of carboxylic acid groups (broad SMARTS) is 1. The van der Waals surface area contributed by atoms with E-state index < -0.39 is 24.0 Å². The Morgan fingerprint density at radius 1 is 1.02 bits per heavy atom. The fraction of sp³-hybridized carbons (Fsp3) is 0.393. The van der Waals surface area contributed by atoms with Crippen molar-refractivity contribution in [2.75, 3.05) is 13.2 Å². The number of benzene rings is 2. The highest BCUT2D eigenvalue weighted by atomic mass is 16.5. The number of amides is 4. The second-order valence-electron chi connectivity index (χ2n) is 9.59. The van der Waals surface area contributed by atoms with E-state index in [0.29, 0.717) is 17.8 Å². The third-order valence-corrected chi connectivity index (χ3v) is 5.86. The maximum Gasteiger partial charge on any atom is 0.407 e. The molecular formula is C28H36N6O6. The van der Waals surface area contributed by atoms with Gasteiger partial charge in [-0.25, -0.2) is 19.4 Å². The van der Waals surface area contributed by atoms with Crippen LogP contribution in [-0.4, -0.2) is 69.2 Å². The van der Waals surface area contributed by atoms with E-state index >= 15 is 0 Å². The lowest BCUT2D eigenvalue weighted by atomic mass is 10.1. The molecule has 1 aromatic heterocycles. The van der Waals surface area contributed by atoms with Crippen molar-refractivity contribution in [3.05, 3.63) is 65.5 Å². The molecule has 0 aliphatic heterocycles. The van der Waals surface area contributed by atoms with Crippen LogP contribution in [0.25, 0.3) is 11.0 Å². The first kappa shape index (κ1) is 29.9. The summed E-state index contributed by atoms with van der Waals surface area (Å²) in [6, 6.07) is 12.6. The Kier molecular flexibility index (Phi) is 10.9. The molecule has 214 valence electrons. The Morgan fingerprint density at radius 3 is 2.40 bits per heavy atom. The first-order valence-corrected chi connectivity index (χ1v) is 13.2. The Bertz CT molecular complexity index is 1270.